The van der Waals surface area contributed by atoms with Crippen molar-refractivity contribution in [3.8, 4) is 0 Å². The van der Waals surface area contributed by atoms with E-state index in [-0.39, 0.29) is 33.5 Å². The molecule has 6 nitrogen and oxygen atoms in total. The van der Waals surface area contributed by atoms with E-state index in [0.717, 1.165) is 6.07 Å². The van der Waals surface area contributed by atoms with Crippen LogP contribution in [0, 0.1) is 5.82 Å². The molecule has 0 saturated heterocycles. The monoisotopic (exact) mass is 479 g/mol. The van der Waals surface area contributed by atoms with Gasteiger partial charge in [0, 0.05) is 17.9 Å². The molecule has 2 aromatic rings. The molecule has 0 saturated carbocycles. The molecule has 1 atom stereocenters. The average molecular weight is 480 g/mol. The number of hydrogen-bond donors (Lipinski definition) is 2. The van der Waals surface area contributed by atoms with E-state index in [2.05, 4.69) is 5.32 Å². The number of anilines is 1. The molecule has 0 bridgehead atoms. The van der Waals surface area contributed by atoms with Gasteiger partial charge >= 0.3 is 6.18 Å². The number of nitrogens with zero attached hydrogens (tertiary/aromatic N) is 1. The fraction of sp³-hybridized carbons (Fsp3) is 0.316. The Morgan fingerprint density at radius 3 is 2.48 bits per heavy atom. The van der Waals surface area contributed by atoms with Gasteiger partial charge in [-0.3, -0.25) is 14.4 Å². The summed E-state index contributed by atoms with van der Waals surface area (Å²) in [6, 6.07) is 1.24. The minimum atomic E-state index is -4.73. The topological polar surface area (TPSA) is 80.2 Å². The summed E-state index contributed by atoms with van der Waals surface area (Å²) >= 11 is 11.9. The molecule has 2 heterocycles. The Labute approximate surface area is 183 Å². The molecule has 2 N–H and O–H groups in total. The lowest BCUT2D eigenvalue weighted by molar-refractivity contribution is -0.156. The number of halogens is 6. The first-order valence-corrected chi connectivity index (χ1v) is 9.76. The zero-order chi connectivity index (χ0) is 23.1. The lowest BCUT2D eigenvalue weighted by atomic mass is 10.1. The van der Waals surface area contributed by atoms with Crippen LogP contribution in [0.5, 0.6) is 0 Å². The van der Waals surface area contributed by atoms with Gasteiger partial charge in [0.15, 0.2) is 0 Å². The first-order chi connectivity index (χ1) is 14.4. The maximum Gasteiger partial charge on any atom is 0.408 e. The standard InChI is InChI=1S/C19H15Cl2F4N3O3/c1-8(19(23,24)25)26-18(31)16(29)15-14(21)13(12-3-2-6-28(12)15)17(30)27-9-4-5-11(22)10(20)7-9/h4-5,7-8H,2-3,6H2,1H3,(H,26,31)(H,27,30). The SMILES string of the molecule is CC(NC(=O)C(=O)c1c(Cl)c(C(=O)Nc2ccc(F)c(Cl)c2)c2n1CCC2)C(F)(F)F. The first kappa shape index (κ1) is 23.1. The van der Waals surface area contributed by atoms with E-state index >= 15 is 0 Å². The normalized spacial score (nSPS) is 14.2. The summed E-state index contributed by atoms with van der Waals surface area (Å²) < 4.78 is 52.8. The molecule has 1 aromatic carbocycles. The number of Topliss-reactive ketones (excluding diaryl/α,β-unsaturated/α-hetero) is 1. The summed E-state index contributed by atoms with van der Waals surface area (Å²) in [7, 11) is 0. The molecular weight excluding hydrogens is 465 g/mol. The van der Waals surface area contributed by atoms with Crippen molar-refractivity contribution in [3.05, 3.63) is 51.0 Å². The van der Waals surface area contributed by atoms with Crippen LogP contribution in [0.25, 0.3) is 0 Å². The maximum atomic E-state index is 13.3. The fourth-order valence-electron chi connectivity index (χ4n) is 3.22. The Kier molecular flexibility index (Phi) is 6.33. The number of aromatic nitrogens is 1. The van der Waals surface area contributed by atoms with Gasteiger partial charge in [0.05, 0.1) is 15.6 Å². The van der Waals surface area contributed by atoms with Crippen molar-refractivity contribution in [2.45, 2.75) is 38.5 Å². The van der Waals surface area contributed by atoms with Crippen LogP contribution < -0.4 is 10.6 Å². The zero-order valence-electron chi connectivity index (χ0n) is 15.9. The predicted molar refractivity (Wildman–Crippen MR) is 105 cm³/mol. The highest BCUT2D eigenvalue weighted by Crippen LogP contribution is 2.34. The van der Waals surface area contributed by atoms with Crippen LogP contribution in [0.15, 0.2) is 18.2 Å². The van der Waals surface area contributed by atoms with Crippen LogP contribution in [0.1, 0.15) is 39.9 Å². The Hall–Kier alpha value is -2.59. The number of amides is 2. The molecule has 1 aliphatic rings. The van der Waals surface area contributed by atoms with Crippen LogP contribution in [-0.2, 0) is 17.8 Å². The number of benzene rings is 1. The zero-order valence-corrected chi connectivity index (χ0v) is 17.4. The third-order valence-corrected chi connectivity index (χ3v) is 5.43. The first-order valence-electron chi connectivity index (χ1n) is 9.01. The molecule has 1 aromatic heterocycles. The third kappa shape index (κ3) is 4.54. The van der Waals surface area contributed by atoms with Gasteiger partial charge in [-0.2, -0.15) is 13.2 Å². The van der Waals surface area contributed by atoms with Gasteiger partial charge in [0.2, 0.25) is 0 Å². The molecule has 2 amide bonds. The smallest absolute Gasteiger partial charge is 0.340 e. The summed E-state index contributed by atoms with van der Waals surface area (Å²) in [5.74, 6) is -4.19. The molecule has 31 heavy (non-hydrogen) atoms. The largest absolute Gasteiger partial charge is 0.408 e. The van der Waals surface area contributed by atoms with Gasteiger partial charge in [-0.15, -0.1) is 0 Å². The molecule has 1 aliphatic heterocycles. The Balaban J connectivity index is 1.91. The van der Waals surface area contributed by atoms with Crippen molar-refractivity contribution in [2.75, 3.05) is 5.32 Å². The highest BCUT2D eigenvalue weighted by Gasteiger charge is 2.40. The van der Waals surface area contributed by atoms with Gasteiger partial charge in [-0.25, -0.2) is 4.39 Å². The highest BCUT2D eigenvalue weighted by molar-refractivity contribution is 6.48. The van der Waals surface area contributed by atoms with E-state index in [1.807, 2.05) is 0 Å². The minimum Gasteiger partial charge on any atom is -0.340 e. The summed E-state index contributed by atoms with van der Waals surface area (Å²) in [6.45, 7) is 0.954. The van der Waals surface area contributed by atoms with Crippen LogP contribution in [-0.4, -0.2) is 34.4 Å². The number of fused-ring (bicyclic) bond motifs is 1. The number of hydrogen-bond acceptors (Lipinski definition) is 3. The van der Waals surface area contributed by atoms with Gasteiger partial charge in [-0.1, -0.05) is 23.2 Å². The van der Waals surface area contributed by atoms with Gasteiger partial charge < -0.3 is 15.2 Å². The number of nitrogens with one attached hydrogen (secondary N) is 2. The molecule has 0 aliphatic carbocycles. The average Bonchev–Trinajstić information content (AvgIpc) is 3.22. The quantitative estimate of drug-likeness (QED) is 0.379. The molecular formula is C19H15Cl2F4N3O3. The lowest BCUT2D eigenvalue weighted by Gasteiger charge is -2.16. The van der Waals surface area contributed by atoms with Crippen LogP contribution >= 0.6 is 23.2 Å². The summed E-state index contributed by atoms with van der Waals surface area (Å²) in [6.07, 6.45) is -3.83. The van der Waals surface area contributed by atoms with Crippen molar-refractivity contribution in [1.82, 2.24) is 9.88 Å². The number of rotatable bonds is 5. The molecule has 1 unspecified atom stereocenters. The van der Waals surface area contributed by atoms with E-state index in [1.54, 1.807) is 5.32 Å². The van der Waals surface area contributed by atoms with Crippen LogP contribution in [0.3, 0.4) is 0 Å². The number of alkyl halides is 3. The van der Waals surface area contributed by atoms with Gasteiger partial charge in [0.1, 0.15) is 17.6 Å². The highest BCUT2D eigenvalue weighted by atomic mass is 35.5. The second-order valence-electron chi connectivity index (χ2n) is 6.89. The number of ketones is 1. The lowest BCUT2D eigenvalue weighted by Crippen LogP contribution is -2.46. The second-order valence-corrected chi connectivity index (χ2v) is 7.67. The van der Waals surface area contributed by atoms with E-state index in [0.29, 0.717) is 25.5 Å². The molecule has 0 spiro atoms. The van der Waals surface area contributed by atoms with E-state index in [9.17, 15) is 31.9 Å². The van der Waals surface area contributed by atoms with Crippen molar-refractivity contribution in [1.29, 1.82) is 0 Å². The molecule has 166 valence electrons. The number of carbonyl (C=O) groups is 3. The Morgan fingerprint density at radius 1 is 1.19 bits per heavy atom. The summed E-state index contributed by atoms with van der Waals surface area (Å²) in [4.78, 5) is 37.5. The van der Waals surface area contributed by atoms with Crippen molar-refractivity contribution >= 4 is 46.5 Å². The molecule has 0 fully saturated rings. The Bertz CT molecular complexity index is 1080. The predicted octanol–water partition coefficient (Wildman–Crippen LogP) is 4.38. The summed E-state index contributed by atoms with van der Waals surface area (Å²) in [5.41, 5.74) is 0.0914. The van der Waals surface area contributed by atoms with Crippen LogP contribution in [0.2, 0.25) is 10.0 Å². The van der Waals surface area contributed by atoms with Gasteiger partial charge in [-0.05, 0) is 38.0 Å². The van der Waals surface area contributed by atoms with Crippen molar-refractivity contribution < 1.29 is 31.9 Å². The number of carbonyl (C=O) groups excluding carboxylic acids is 3. The fourth-order valence-corrected chi connectivity index (χ4v) is 3.78. The second kappa shape index (κ2) is 8.51. The van der Waals surface area contributed by atoms with Crippen LogP contribution in [0.4, 0.5) is 23.2 Å². The molecule has 0 radical (unpaired) electrons. The van der Waals surface area contributed by atoms with Gasteiger partial charge in [0.25, 0.3) is 17.6 Å². The third-order valence-electron chi connectivity index (χ3n) is 4.77. The summed E-state index contributed by atoms with van der Waals surface area (Å²) in [5, 5.41) is 3.50. The van der Waals surface area contributed by atoms with E-state index in [1.165, 1.54) is 16.7 Å². The maximum absolute atomic E-state index is 13.3. The van der Waals surface area contributed by atoms with Crippen molar-refractivity contribution in [2.24, 2.45) is 0 Å². The van der Waals surface area contributed by atoms with E-state index < -0.39 is 35.6 Å². The molecule has 3 rings (SSSR count). The molecule has 12 heteroatoms. The Morgan fingerprint density at radius 2 is 1.87 bits per heavy atom. The minimum absolute atomic E-state index is 0.0837. The van der Waals surface area contributed by atoms with Crippen molar-refractivity contribution in [3.63, 3.8) is 0 Å². The van der Waals surface area contributed by atoms with E-state index in [4.69, 9.17) is 23.2 Å².